The molecule has 4 rings (SSSR count). The lowest BCUT2D eigenvalue weighted by molar-refractivity contribution is 0.197. The molecule has 0 aliphatic carbocycles. The molecule has 0 saturated carbocycles. The Hall–Kier alpha value is -3.37. The van der Waals surface area contributed by atoms with Gasteiger partial charge in [-0.2, -0.15) is 0 Å². The van der Waals surface area contributed by atoms with Crippen molar-refractivity contribution in [3.63, 3.8) is 0 Å². The van der Waals surface area contributed by atoms with Crippen LogP contribution in [-0.2, 0) is 19.5 Å². The minimum atomic E-state index is -0.916. The Morgan fingerprint density at radius 2 is 1.81 bits per heavy atom. The van der Waals surface area contributed by atoms with Crippen molar-refractivity contribution < 1.29 is 18.3 Å². The number of anilines is 1. The number of halogens is 2. The molecule has 0 fully saturated rings. The quantitative estimate of drug-likeness (QED) is 0.525. The highest BCUT2D eigenvalue weighted by Crippen LogP contribution is 2.36. The average molecular weight is 438 g/mol. The molecule has 2 amide bonds. The van der Waals surface area contributed by atoms with Crippen molar-refractivity contribution in [1.29, 1.82) is 0 Å². The first kappa shape index (κ1) is 20.9. The van der Waals surface area contributed by atoms with Gasteiger partial charge in [0.15, 0.2) is 11.6 Å². The number of carbonyl (C=O) groups excluding carboxylic acids is 1. The molecule has 2 heterocycles. The maximum absolute atomic E-state index is 13.5. The van der Waals surface area contributed by atoms with E-state index in [2.05, 4.69) is 11.8 Å². The van der Waals surface area contributed by atoms with E-state index in [0.717, 1.165) is 38.9 Å². The molecule has 0 spiro atoms. The van der Waals surface area contributed by atoms with Crippen molar-refractivity contribution in [2.75, 3.05) is 19.1 Å². The van der Waals surface area contributed by atoms with E-state index in [9.17, 15) is 13.6 Å². The van der Waals surface area contributed by atoms with Crippen LogP contribution in [0.25, 0.3) is 0 Å². The number of thiophene rings is 1. The number of nitrogens with zero attached hydrogens (tertiary/aromatic N) is 2. The summed E-state index contributed by atoms with van der Waals surface area (Å²) in [7, 11) is 3.35. The zero-order chi connectivity index (χ0) is 22.0. The van der Waals surface area contributed by atoms with Crippen molar-refractivity contribution in [1.82, 2.24) is 4.90 Å². The summed E-state index contributed by atoms with van der Waals surface area (Å²) >= 11 is 1.48. The average Bonchev–Trinajstić information content (AvgIpc) is 3.18. The van der Waals surface area contributed by atoms with Gasteiger partial charge < -0.3 is 9.64 Å². The van der Waals surface area contributed by atoms with Crippen LogP contribution in [0.3, 0.4) is 0 Å². The van der Waals surface area contributed by atoms with E-state index in [1.165, 1.54) is 17.4 Å². The first-order valence-electron chi connectivity index (χ1n) is 9.65. The molecule has 0 N–H and O–H groups in total. The maximum atomic E-state index is 13.5. The minimum absolute atomic E-state index is 0.183. The Balaban J connectivity index is 1.48. The van der Waals surface area contributed by atoms with Crippen LogP contribution in [0.4, 0.5) is 18.6 Å². The minimum Gasteiger partial charge on any atom is -0.497 e. The van der Waals surface area contributed by atoms with Crippen LogP contribution in [0.1, 0.15) is 21.6 Å². The van der Waals surface area contributed by atoms with Gasteiger partial charge in [-0.25, -0.2) is 13.6 Å². The van der Waals surface area contributed by atoms with Crippen LogP contribution >= 0.6 is 11.3 Å². The third-order valence-electron chi connectivity index (χ3n) is 5.03. The number of amides is 2. The molecule has 0 bridgehead atoms. The second-order valence-electron chi connectivity index (χ2n) is 7.21. The number of ether oxygens (including phenoxy) is 1. The van der Waals surface area contributed by atoms with Crippen molar-refractivity contribution in [3.05, 3.63) is 81.7 Å². The fourth-order valence-electron chi connectivity index (χ4n) is 3.41. The van der Waals surface area contributed by atoms with Crippen LogP contribution in [0.2, 0.25) is 0 Å². The van der Waals surface area contributed by atoms with E-state index in [1.807, 2.05) is 30.3 Å². The fraction of sp³-hybridized carbons (Fsp3) is 0.208. The molecule has 0 saturated heterocycles. The predicted molar refractivity (Wildman–Crippen MR) is 117 cm³/mol. The van der Waals surface area contributed by atoms with Gasteiger partial charge in [0.25, 0.3) is 0 Å². The smallest absolute Gasteiger partial charge is 0.325 e. The van der Waals surface area contributed by atoms with Crippen molar-refractivity contribution in [2.24, 2.45) is 0 Å². The van der Waals surface area contributed by atoms with Crippen molar-refractivity contribution in [2.45, 2.75) is 19.5 Å². The highest BCUT2D eigenvalue weighted by atomic mass is 32.1. The van der Waals surface area contributed by atoms with Gasteiger partial charge in [0.2, 0.25) is 0 Å². The van der Waals surface area contributed by atoms with E-state index in [0.29, 0.717) is 18.5 Å². The Morgan fingerprint density at radius 3 is 2.52 bits per heavy atom. The van der Waals surface area contributed by atoms with Crippen molar-refractivity contribution >= 4 is 22.4 Å². The molecular formula is C24H20F2N2O2S. The number of hydrogen-bond acceptors (Lipinski definition) is 3. The highest BCUT2D eigenvalue weighted by Gasteiger charge is 2.29. The molecule has 0 atom stereocenters. The summed E-state index contributed by atoms with van der Waals surface area (Å²) in [6, 6.07) is 13.3. The first-order chi connectivity index (χ1) is 14.9. The zero-order valence-corrected chi connectivity index (χ0v) is 17.9. The SMILES string of the molecule is COc1ccc(CC#Cc2cc3c(s2)N(C)C(=O)N(Cc2ccc(F)c(F)c2)C3)cc1. The van der Waals surface area contributed by atoms with Gasteiger partial charge in [0, 0.05) is 25.6 Å². The molecule has 1 aromatic heterocycles. The van der Waals surface area contributed by atoms with E-state index >= 15 is 0 Å². The molecule has 0 radical (unpaired) electrons. The van der Waals surface area contributed by atoms with Gasteiger partial charge in [0.05, 0.1) is 18.5 Å². The highest BCUT2D eigenvalue weighted by molar-refractivity contribution is 7.17. The van der Waals surface area contributed by atoms with Crippen LogP contribution < -0.4 is 9.64 Å². The fourth-order valence-corrected chi connectivity index (χ4v) is 4.41. The van der Waals surface area contributed by atoms with E-state index < -0.39 is 11.6 Å². The predicted octanol–water partition coefficient (Wildman–Crippen LogP) is 5.20. The monoisotopic (exact) mass is 438 g/mol. The summed E-state index contributed by atoms with van der Waals surface area (Å²) in [5.41, 5.74) is 2.63. The number of hydrogen-bond donors (Lipinski definition) is 0. The van der Waals surface area contributed by atoms with Gasteiger partial charge in [-0.05, 0) is 41.5 Å². The number of fused-ring (bicyclic) bond motifs is 1. The summed E-state index contributed by atoms with van der Waals surface area (Å²) in [6.45, 7) is 0.600. The van der Waals surface area contributed by atoms with Crippen LogP contribution in [0, 0.1) is 23.5 Å². The van der Waals surface area contributed by atoms with Gasteiger partial charge in [-0.15, -0.1) is 11.3 Å². The van der Waals surface area contributed by atoms with Gasteiger partial charge >= 0.3 is 6.03 Å². The second-order valence-corrected chi connectivity index (χ2v) is 8.24. The molecule has 4 nitrogen and oxygen atoms in total. The molecular weight excluding hydrogens is 418 g/mol. The normalized spacial score (nSPS) is 13.0. The van der Waals surface area contributed by atoms with Gasteiger partial charge in [0.1, 0.15) is 10.8 Å². The summed E-state index contributed by atoms with van der Waals surface area (Å²) in [5.74, 6) is 5.35. The molecule has 1 aliphatic rings. The number of benzene rings is 2. The Bertz CT molecular complexity index is 1180. The van der Waals surface area contributed by atoms with Crippen molar-refractivity contribution in [3.8, 4) is 17.6 Å². The lowest BCUT2D eigenvalue weighted by atomic mass is 10.1. The number of rotatable bonds is 4. The van der Waals surface area contributed by atoms with Crippen LogP contribution in [0.15, 0.2) is 48.5 Å². The standard InChI is InChI=1S/C24H20F2N2O2S/c1-27-23-18(15-28(24(27)29)14-17-8-11-21(25)22(26)12-17)13-20(31-23)5-3-4-16-6-9-19(30-2)10-7-16/h6-13H,4,14-15H2,1-2H3. The third kappa shape index (κ3) is 4.54. The first-order valence-corrected chi connectivity index (χ1v) is 10.5. The summed E-state index contributed by atoms with van der Waals surface area (Å²) in [6.07, 6.45) is 0.615. The van der Waals surface area contributed by atoms with Crippen LogP contribution in [-0.4, -0.2) is 25.1 Å². The summed E-state index contributed by atoms with van der Waals surface area (Å²) in [4.78, 5) is 16.8. The number of urea groups is 1. The Morgan fingerprint density at radius 1 is 1.06 bits per heavy atom. The topological polar surface area (TPSA) is 32.8 Å². The maximum Gasteiger partial charge on any atom is 0.325 e. The van der Waals surface area contributed by atoms with E-state index in [-0.39, 0.29) is 12.6 Å². The molecule has 1 aliphatic heterocycles. The molecule has 158 valence electrons. The second kappa shape index (κ2) is 8.78. The summed E-state index contributed by atoms with van der Waals surface area (Å²) < 4.78 is 31.9. The lowest BCUT2D eigenvalue weighted by Crippen LogP contribution is -2.43. The molecule has 0 unspecified atom stereocenters. The Labute approximate surface area is 183 Å². The van der Waals surface area contributed by atoms with Crippen LogP contribution in [0.5, 0.6) is 5.75 Å². The Kier molecular flexibility index (Phi) is 5.92. The van der Waals surface area contributed by atoms with Gasteiger partial charge in [-0.1, -0.05) is 30.0 Å². The van der Waals surface area contributed by atoms with E-state index in [1.54, 1.807) is 24.0 Å². The number of methoxy groups -OCH3 is 1. The summed E-state index contributed by atoms with van der Waals surface area (Å²) in [5, 5.41) is 0.861. The lowest BCUT2D eigenvalue weighted by Gasteiger charge is -2.33. The number of carbonyl (C=O) groups is 1. The van der Waals surface area contributed by atoms with Gasteiger partial charge in [-0.3, -0.25) is 4.90 Å². The molecule has 31 heavy (non-hydrogen) atoms. The molecule has 3 aromatic rings. The molecule has 7 heteroatoms. The third-order valence-corrected chi connectivity index (χ3v) is 6.20. The zero-order valence-electron chi connectivity index (χ0n) is 17.1. The molecule has 2 aromatic carbocycles. The van der Waals surface area contributed by atoms with E-state index in [4.69, 9.17) is 4.74 Å². The largest absolute Gasteiger partial charge is 0.497 e.